The van der Waals surface area contributed by atoms with E-state index >= 15 is 0 Å². The first kappa shape index (κ1) is 23.2. The van der Waals surface area contributed by atoms with Crippen LogP contribution < -0.4 is 14.9 Å². The van der Waals surface area contributed by atoms with Crippen molar-refractivity contribution < 1.29 is 40.2 Å². The van der Waals surface area contributed by atoms with Crippen LogP contribution in [0.1, 0.15) is 11.3 Å². The summed E-state index contributed by atoms with van der Waals surface area (Å²) >= 11 is 0. The summed E-state index contributed by atoms with van der Waals surface area (Å²) in [4.78, 5) is 13.2. The zero-order valence-corrected chi connectivity index (χ0v) is 17.4. The maximum atomic E-state index is 13.9. The number of benzene rings is 2. The molecule has 0 unspecified atom stereocenters. The summed E-state index contributed by atoms with van der Waals surface area (Å²) in [6.07, 6.45) is -7.76. The van der Waals surface area contributed by atoms with E-state index in [0.29, 0.717) is 0 Å². The number of hydrogen-bond acceptors (Lipinski definition) is 5. The number of rotatable bonds is 4. The van der Waals surface area contributed by atoms with E-state index in [1.165, 1.54) is 32.4 Å². The first-order chi connectivity index (χ1) is 16.0. The van der Waals surface area contributed by atoms with E-state index in [4.69, 9.17) is 13.9 Å². The van der Waals surface area contributed by atoms with Gasteiger partial charge < -0.3 is 13.9 Å². The number of methoxy groups -OCH3 is 2. The van der Waals surface area contributed by atoms with E-state index in [1.807, 2.05) is 0 Å². The molecule has 2 aromatic heterocycles. The minimum Gasteiger partial charge on any atom is -0.493 e. The van der Waals surface area contributed by atoms with E-state index in [-0.39, 0.29) is 28.1 Å². The van der Waals surface area contributed by atoms with E-state index in [1.54, 1.807) is 0 Å². The van der Waals surface area contributed by atoms with Crippen LogP contribution in [0, 0.1) is 0 Å². The van der Waals surface area contributed by atoms with Crippen LogP contribution in [0.15, 0.2) is 58.0 Å². The molecule has 0 aliphatic rings. The number of nitrogens with zero attached hydrogens (tertiary/aromatic N) is 2. The van der Waals surface area contributed by atoms with Crippen LogP contribution in [0.5, 0.6) is 11.5 Å². The molecule has 0 bridgehead atoms. The summed E-state index contributed by atoms with van der Waals surface area (Å²) < 4.78 is 97.0. The number of hydrogen-bond donors (Lipinski definition) is 0. The molecule has 178 valence electrons. The molecule has 4 rings (SSSR count). The van der Waals surface area contributed by atoms with Gasteiger partial charge in [-0.15, -0.1) is 0 Å². The molecule has 0 saturated carbocycles. The Morgan fingerprint density at radius 1 is 0.971 bits per heavy atom. The first-order valence-electron chi connectivity index (χ1n) is 9.47. The van der Waals surface area contributed by atoms with Crippen LogP contribution >= 0.6 is 0 Å². The summed E-state index contributed by atoms with van der Waals surface area (Å²) in [6.45, 7) is 0. The number of ether oxygens (including phenoxy) is 2. The Balaban J connectivity index is 1.95. The van der Waals surface area contributed by atoms with E-state index in [2.05, 4.69) is 5.10 Å². The molecule has 0 amide bonds. The molecule has 0 radical (unpaired) electrons. The predicted octanol–water partition coefficient (Wildman–Crippen LogP) is 5.70. The third kappa shape index (κ3) is 3.95. The van der Waals surface area contributed by atoms with Crippen molar-refractivity contribution >= 4 is 11.0 Å². The normalized spacial score (nSPS) is 12.2. The highest BCUT2D eigenvalue weighted by atomic mass is 19.4. The summed E-state index contributed by atoms with van der Waals surface area (Å²) in [5.74, 6) is -1.76. The summed E-state index contributed by atoms with van der Waals surface area (Å²) in [5.41, 5.74) is -3.66. The van der Waals surface area contributed by atoms with E-state index in [9.17, 15) is 31.1 Å². The molecule has 2 aromatic carbocycles. The fourth-order valence-electron chi connectivity index (χ4n) is 3.45. The molecule has 34 heavy (non-hydrogen) atoms. The van der Waals surface area contributed by atoms with Crippen molar-refractivity contribution in [2.75, 3.05) is 14.2 Å². The van der Waals surface area contributed by atoms with Crippen molar-refractivity contribution in [3.8, 4) is 28.3 Å². The van der Waals surface area contributed by atoms with Crippen molar-refractivity contribution in [1.29, 1.82) is 0 Å². The summed E-state index contributed by atoms with van der Waals surface area (Å²) in [6, 6.07) is 6.60. The zero-order chi connectivity index (χ0) is 24.8. The molecule has 4 aromatic rings. The van der Waals surface area contributed by atoms with Gasteiger partial charge >= 0.3 is 12.4 Å². The van der Waals surface area contributed by atoms with E-state index in [0.717, 1.165) is 35.3 Å². The zero-order valence-electron chi connectivity index (χ0n) is 17.4. The first-order valence-corrected chi connectivity index (χ1v) is 9.47. The van der Waals surface area contributed by atoms with Gasteiger partial charge in [-0.05, 0) is 30.3 Å². The van der Waals surface area contributed by atoms with Crippen LogP contribution in [0.2, 0.25) is 0 Å². The number of aromatic nitrogens is 2. The Labute approximate surface area is 186 Å². The smallest absolute Gasteiger partial charge is 0.450 e. The molecule has 12 heteroatoms. The SMILES string of the molecule is COc1ccc2c(=O)c(-c3cnn(-c4cccc(C(F)(F)F)c4)c3)c(C(F)(F)F)oc2c1OC. The predicted molar refractivity (Wildman–Crippen MR) is 108 cm³/mol. The van der Waals surface area contributed by atoms with Crippen molar-refractivity contribution in [1.82, 2.24) is 9.78 Å². The van der Waals surface area contributed by atoms with Crippen LogP contribution in [-0.2, 0) is 12.4 Å². The Bertz CT molecular complexity index is 1440. The van der Waals surface area contributed by atoms with Crippen LogP contribution in [0.4, 0.5) is 26.3 Å². The largest absolute Gasteiger partial charge is 0.493 e. The van der Waals surface area contributed by atoms with Gasteiger partial charge in [-0.3, -0.25) is 4.79 Å². The van der Waals surface area contributed by atoms with Crippen LogP contribution in [0.3, 0.4) is 0 Å². The second kappa shape index (κ2) is 8.12. The van der Waals surface area contributed by atoms with Gasteiger partial charge in [-0.25, -0.2) is 4.68 Å². The lowest BCUT2D eigenvalue weighted by Crippen LogP contribution is -2.16. The Kier molecular flexibility index (Phi) is 5.54. The van der Waals surface area contributed by atoms with Gasteiger partial charge in [0.15, 0.2) is 11.3 Å². The van der Waals surface area contributed by atoms with Crippen molar-refractivity contribution in [2.24, 2.45) is 0 Å². The maximum Gasteiger partial charge on any atom is 0.450 e. The molecular formula is C22H14F6N2O4. The molecular weight excluding hydrogens is 470 g/mol. The molecule has 0 saturated heterocycles. The number of alkyl halides is 6. The van der Waals surface area contributed by atoms with Crippen molar-refractivity contribution in [3.63, 3.8) is 0 Å². The molecule has 0 fully saturated rings. The van der Waals surface area contributed by atoms with E-state index < -0.39 is 40.3 Å². The van der Waals surface area contributed by atoms with Gasteiger partial charge in [-0.2, -0.15) is 31.4 Å². The highest BCUT2D eigenvalue weighted by Gasteiger charge is 2.40. The minimum absolute atomic E-state index is 0.0522. The topological polar surface area (TPSA) is 66.5 Å². The third-order valence-corrected chi connectivity index (χ3v) is 4.97. The molecule has 6 nitrogen and oxygen atoms in total. The standard InChI is InChI=1S/C22H14F6N2O4/c1-32-15-7-6-14-17(31)16(20(22(26,27)28)34-18(14)19(15)33-2)11-9-29-30(10-11)13-5-3-4-12(8-13)21(23,24)25/h3-10H,1-2H3. The average Bonchev–Trinajstić information content (AvgIpc) is 3.26. The van der Waals surface area contributed by atoms with Crippen LogP contribution in [-0.4, -0.2) is 24.0 Å². The van der Waals surface area contributed by atoms with Gasteiger partial charge in [0.1, 0.15) is 0 Å². The van der Waals surface area contributed by atoms with Gasteiger partial charge in [-0.1, -0.05) is 6.07 Å². The fourth-order valence-corrected chi connectivity index (χ4v) is 3.45. The molecule has 0 atom stereocenters. The molecule has 0 aliphatic heterocycles. The van der Waals surface area contributed by atoms with Gasteiger partial charge in [0.2, 0.25) is 16.9 Å². The Morgan fingerprint density at radius 2 is 1.71 bits per heavy atom. The summed E-state index contributed by atoms with van der Waals surface area (Å²) in [5, 5.41) is 3.63. The van der Waals surface area contributed by atoms with Crippen LogP contribution in [0.25, 0.3) is 27.8 Å². The lowest BCUT2D eigenvalue weighted by molar-refractivity contribution is -0.152. The highest BCUT2D eigenvalue weighted by Crippen LogP contribution is 2.41. The van der Waals surface area contributed by atoms with Crippen molar-refractivity contribution in [2.45, 2.75) is 12.4 Å². The lowest BCUT2D eigenvalue weighted by Gasteiger charge is -2.14. The molecule has 0 aliphatic carbocycles. The molecule has 0 spiro atoms. The molecule has 0 N–H and O–H groups in total. The lowest BCUT2D eigenvalue weighted by atomic mass is 10.0. The van der Waals surface area contributed by atoms with Gasteiger partial charge in [0.05, 0.1) is 42.6 Å². The fraction of sp³-hybridized carbons (Fsp3) is 0.182. The van der Waals surface area contributed by atoms with Crippen molar-refractivity contribution in [3.05, 3.63) is 70.3 Å². The second-order valence-electron chi connectivity index (χ2n) is 7.03. The summed E-state index contributed by atoms with van der Waals surface area (Å²) in [7, 11) is 2.45. The monoisotopic (exact) mass is 484 g/mol. The quantitative estimate of drug-likeness (QED) is 0.348. The number of fused-ring (bicyclic) bond motifs is 1. The maximum absolute atomic E-state index is 13.9. The highest BCUT2D eigenvalue weighted by molar-refractivity contribution is 5.89. The molecule has 2 heterocycles. The second-order valence-corrected chi connectivity index (χ2v) is 7.03. The minimum atomic E-state index is -5.09. The Hall–Kier alpha value is -3.96. The number of halogens is 6. The third-order valence-electron chi connectivity index (χ3n) is 4.97. The van der Waals surface area contributed by atoms with Gasteiger partial charge in [0.25, 0.3) is 0 Å². The van der Waals surface area contributed by atoms with Gasteiger partial charge in [0, 0.05) is 11.8 Å². The Morgan fingerprint density at radius 3 is 2.32 bits per heavy atom. The average molecular weight is 484 g/mol.